The van der Waals surface area contributed by atoms with E-state index in [2.05, 4.69) is 0 Å². The van der Waals surface area contributed by atoms with Gasteiger partial charge in [-0.15, -0.1) is 0 Å². The monoisotopic (exact) mass is 196 g/mol. The second kappa shape index (κ2) is 3.34. The molecule has 0 spiro atoms. The van der Waals surface area contributed by atoms with E-state index in [1.807, 2.05) is 13.8 Å². The Balaban J connectivity index is 2.43. The zero-order chi connectivity index (χ0) is 10.3. The lowest BCUT2D eigenvalue weighted by Crippen LogP contribution is -1.98. The molecule has 0 nitrogen and oxygen atoms in total. The summed E-state index contributed by atoms with van der Waals surface area (Å²) in [7, 11) is 0. The molecule has 2 rings (SSSR count). The van der Waals surface area contributed by atoms with Crippen molar-refractivity contribution in [2.75, 3.05) is 0 Å². The van der Waals surface area contributed by atoms with Gasteiger partial charge in [-0.3, -0.25) is 0 Å². The van der Waals surface area contributed by atoms with Gasteiger partial charge in [0, 0.05) is 0 Å². The van der Waals surface area contributed by atoms with Crippen LogP contribution in [0.2, 0.25) is 0 Å². The van der Waals surface area contributed by atoms with Gasteiger partial charge in [-0.2, -0.15) is 0 Å². The molecule has 14 heavy (non-hydrogen) atoms. The third-order valence-electron chi connectivity index (χ3n) is 2.76. The molecule has 0 unspecified atom stereocenters. The molecule has 0 aromatic heterocycles. The number of benzene rings is 1. The van der Waals surface area contributed by atoms with Crippen LogP contribution in [-0.2, 0) is 0 Å². The van der Waals surface area contributed by atoms with Gasteiger partial charge in [-0.1, -0.05) is 13.8 Å². The molecule has 0 heterocycles. The van der Waals surface area contributed by atoms with Crippen molar-refractivity contribution >= 4 is 0 Å². The highest BCUT2D eigenvalue weighted by atomic mass is 19.1. The standard InChI is InChI=1S/C12H14F2/c1-7(2)9-5-12(14)10(6-11(9)13)8-3-4-8/h5-8H,3-4H2,1-2H3. The van der Waals surface area contributed by atoms with Crippen molar-refractivity contribution in [3.8, 4) is 0 Å². The van der Waals surface area contributed by atoms with E-state index in [9.17, 15) is 8.78 Å². The zero-order valence-electron chi connectivity index (χ0n) is 8.48. The molecule has 0 aliphatic heterocycles. The SMILES string of the molecule is CC(C)c1cc(F)c(C2CC2)cc1F. The molecule has 0 atom stereocenters. The van der Waals surface area contributed by atoms with Crippen LogP contribution in [0.25, 0.3) is 0 Å². The average Bonchev–Trinajstić information content (AvgIpc) is 2.91. The molecule has 1 aliphatic rings. The molecule has 0 bridgehead atoms. The molecular formula is C12H14F2. The molecule has 0 radical (unpaired) electrons. The zero-order valence-corrected chi connectivity index (χ0v) is 8.48. The van der Waals surface area contributed by atoms with E-state index in [-0.39, 0.29) is 23.5 Å². The van der Waals surface area contributed by atoms with Crippen LogP contribution in [0.4, 0.5) is 8.78 Å². The van der Waals surface area contributed by atoms with Crippen LogP contribution >= 0.6 is 0 Å². The van der Waals surface area contributed by atoms with E-state index in [1.54, 1.807) is 0 Å². The van der Waals surface area contributed by atoms with Crippen molar-refractivity contribution < 1.29 is 8.78 Å². The van der Waals surface area contributed by atoms with E-state index in [0.717, 1.165) is 12.8 Å². The molecule has 1 aromatic carbocycles. The van der Waals surface area contributed by atoms with E-state index >= 15 is 0 Å². The lowest BCUT2D eigenvalue weighted by molar-refractivity contribution is 0.564. The summed E-state index contributed by atoms with van der Waals surface area (Å²) in [6, 6.07) is 2.73. The first kappa shape index (κ1) is 9.63. The lowest BCUT2D eigenvalue weighted by atomic mass is 9.99. The maximum atomic E-state index is 13.5. The number of rotatable bonds is 2. The summed E-state index contributed by atoms with van der Waals surface area (Å²) in [5.41, 5.74) is 1.04. The minimum Gasteiger partial charge on any atom is -0.207 e. The molecule has 0 amide bonds. The Morgan fingerprint density at radius 1 is 1.14 bits per heavy atom. The molecule has 0 saturated heterocycles. The van der Waals surface area contributed by atoms with Crippen molar-refractivity contribution in [3.63, 3.8) is 0 Å². The largest absolute Gasteiger partial charge is 0.207 e. The molecule has 76 valence electrons. The Morgan fingerprint density at radius 2 is 1.79 bits per heavy atom. The van der Waals surface area contributed by atoms with Gasteiger partial charge in [0.2, 0.25) is 0 Å². The Bertz CT molecular complexity index is 324. The first-order chi connectivity index (χ1) is 6.59. The van der Waals surface area contributed by atoms with Crippen LogP contribution < -0.4 is 0 Å². The van der Waals surface area contributed by atoms with Gasteiger partial charge >= 0.3 is 0 Å². The van der Waals surface area contributed by atoms with Gasteiger partial charge in [-0.25, -0.2) is 8.78 Å². The predicted octanol–water partition coefficient (Wildman–Crippen LogP) is 3.97. The van der Waals surface area contributed by atoms with E-state index < -0.39 is 0 Å². The fraction of sp³-hybridized carbons (Fsp3) is 0.500. The molecular weight excluding hydrogens is 182 g/mol. The maximum absolute atomic E-state index is 13.5. The summed E-state index contributed by atoms with van der Waals surface area (Å²) < 4.78 is 27.0. The number of hydrogen-bond acceptors (Lipinski definition) is 0. The third kappa shape index (κ3) is 1.66. The molecule has 0 N–H and O–H groups in total. The van der Waals surface area contributed by atoms with Crippen molar-refractivity contribution in [1.29, 1.82) is 0 Å². The first-order valence-electron chi connectivity index (χ1n) is 5.08. The second-order valence-electron chi connectivity index (χ2n) is 4.32. The summed E-state index contributed by atoms with van der Waals surface area (Å²) >= 11 is 0. The highest BCUT2D eigenvalue weighted by Gasteiger charge is 2.27. The fourth-order valence-electron chi connectivity index (χ4n) is 1.73. The lowest BCUT2D eigenvalue weighted by Gasteiger charge is -2.09. The van der Waals surface area contributed by atoms with Gasteiger partial charge in [0.05, 0.1) is 0 Å². The van der Waals surface area contributed by atoms with Gasteiger partial charge in [0.25, 0.3) is 0 Å². The molecule has 1 fully saturated rings. The molecule has 2 heteroatoms. The Labute approximate surface area is 82.9 Å². The normalized spacial score (nSPS) is 16.4. The Hall–Kier alpha value is -0.920. The van der Waals surface area contributed by atoms with Gasteiger partial charge < -0.3 is 0 Å². The van der Waals surface area contributed by atoms with Gasteiger partial charge in [0.1, 0.15) is 11.6 Å². The highest BCUT2D eigenvalue weighted by molar-refractivity contribution is 5.32. The summed E-state index contributed by atoms with van der Waals surface area (Å²) in [5, 5.41) is 0. The predicted molar refractivity (Wildman–Crippen MR) is 52.4 cm³/mol. The molecule has 1 aromatic rings. The van der Waals surface area contributed by atoms with Crippen LogP contribution in [0.1, 0.15) is 49.7 Å². The van der Waals surface area contributed by atoms with Crippen LogP contribution in [0, 0.1) is 11.6 Å². The van der Waals surface area contributed by atoms with Crippen molar-refractivity contribution in [2.45, 2.75) is 38.5 Å². The van der Waals surface area contributed by atoms with Crippen LogP contribution in [0.5, 0.6) is 0 Å². The summed E-state index contributed by atoms with van der Waals surface area (Å²) in [5.74, 6) is -0.190. The minimum absolute atomic E-state index is 0.0396. The summed E-state index contributed by atoms with van der Waals surface area (Å²) in [6.45, 7) is 3.74. The minimum atomic E-state index is -0.261. The van der Waals surface area contributed by atoms with Crippen molar-refractivity contribution in [1.82, 2.24) is 0 Å². The third-order valence-corrected chi connectivity index (χ3v) is 2.76. The quantitative estimate of drug-likeness (QED) is 0.671. The van der Waals surface area contributed by atoms with Crippen LogP contribution in [0.15, 0.2) is 12.1 Å². The topological polar surface area (TPSA) is 0 Å². The molecule has 1 aliphatic carbocycles. The van der Waals surface area contributed by atoms with Crippen LogP contribution in [0.3, 0.4) is 0 Å². The Morgan fingerprint density at radius 3 is 2.29 bits per heavy atom. The van der Waals surface area contributed by atoms with Crippen LogP contribution in [-0.4, -0.2) is 0 Å². The van der Waals surface area contributed by atoms with Crippen molar-refractivity contribution in [2.24, 2.45) is 0 Å². The fourth-order valence-corrected chi connectivity index (χ4v) is 1.73. The van der Waals surface area contributed by atoms with E-state index in [4.69, 9.17) is 0 Å². The second-order valence-corrected chi connectivity index (χ2v) is 4.32. The maximum Gasteiger partial charge on any atom is 0.127 e. The van der Waals surface area contributed by atoms with Crippen molar-refractivity contribution in [3.05, 3.63) is 34.9 Å². The van der Waals surface area contributed by atoms with E-state index in [0.29, 0.717) is 11.1 Å². The smallest absolute Gasteiger partial charge is 0.127 e. The summed E-state index contributed by atoms with van der Waals surface area (Å²) in [6.07, 6.45) is 1.99. The van der Waals surface area contributed by atoms with Gasteiger partial charge in [-0.05, 0) is 47.9 Å². The van der Waals surface area contributed by atoms with E-state index in [1.165, 1.54) is 12.1 Å². The Kier molecular flexibility index (Phi) is 2.30. The molecule has 1 saturated carbocycles. The number of halogens is 2. The highest BCUT2D eigenvalue weighted by Crippen LogP contribution is 2.42. The first-order valence-corrected chi connectivity index (χ1v) is 5.08. The van der Waals surface area contributed by atoms with Gasteiger partial charge in [0.15, 0.2) is 0 Å². The number of hydrogen-bond donors (Lipinski definition) is 0. The average molecular weight is 196 g/mol. The summed E-state index contributed by atoms with van der Waals surface area (Å²) in [4.78, 5) is 0.